The summed E-state index contributed by atoms with van der Waals surface area (Å²) < 4.78 is 15.3. The van der Waals surface area contributed by atoms with E-state index in [4.69, 9.17) is 9.16 Å². The number of ether oxygens (including phenoxy) is 1. The molecule has 3 nitrogen and oxygen atoms in total. The van der Waals surface area contributed by atoms with E-state index in [0.29, 0.717) is 6.61 Å². The largest absolute Gasteiger partial charge is 0.416 e. The van der Waals surface area contributed by atoms with Gasteiger partial charge in [-0.05, 0) is 41.7 Å². The molecule has 1 aliphatic heterocycles. The summed E-state index contributed by atoms with van der Waals surface area (Å²) in [6.07, 6.45) is 2.20. The lowest BCUT2D eigenvalue weighted by atomic mass is 10.1. The standard InChI is InChI=1S/C26H35NO2Si/c1-26(2,3)30(4,5)29-16-15-23-22-13-9-10-14-24(22)27-18-21(17-25(23)27)28-19-20-11-7-6-8-12-20/h6-14,21H,15-19H2,1-5H3. The molecule has 0 N–H and O–H groups in total. The number of para-hydroxylation sites is 1. The van der Waals surface area contributed by atoms with E-state index in [1.165, 1.54) is 27.7 Å². The smallest absolute Gasteiger partial charge is 0.191 e. The maximum Gasteiger partial charge on any atom is 0.191 e. The van der Waals surface area contributed by atoms with Gasteiger partial charge in [0.15, 0.2) is 8.32 Å². The maximum absolute atomic E-state index is 6.51. The van der Waals surface area contributed by atoms with E-state index in [0.717, 1.165) is 26.0 Å². The third kappa shape index (κ3) is 4.27. The van der Waals surface area contributed by atoms with Crippen molar-refractivity contribution < 1.29 is 9.16 Å². The van der Waals surface area contributed by atoms with Crippen molar-refractivity contribution in [3.63, 3.8) is 0 Å². The van der Waals surface area contributed by atoms with Crippen LogP contribution in [0.3, 0.4) is 0 Å². The fraction of sp³-hybridized carbons (Fsp3) is 0.462. The van der Waals surface area contributed by atoms with E-state index < -0.39 is 8.32 Å². The van der Waals surface area contributed by atoms with Gasteiger partial charge in [-0.3, -0.25) is 0 Å². The van der Waals surface area contributed by atoms with Crippen LogP contribution in [-0.2, 0) is 35.2 Å². The average Bonchev–Trinajstić information content (AvgIpc) is 3.24. The quantitative estimate of drug-likeness (QED) is 0.415. The zero-order valence-electron chi connectivity index (χ0n) is 19.1. The van der Waals surface area contributed by atoms with Crippen molar-refractivity contribution in [1.82, 2.24) is 4.57 Å². The molecule has 1 aromatic heterocycles. The van der Waals surface area contributed by atoms with Gasteiger partial charge in [-0.2, -0.15) is 0 Å². The lowest BCUT2D eigenvalue weighted by Crippen LogP contribution is -2.41. The molecule has 0 fully saturated rings. The lowest BCUT2D eigenvalue weighted by Gasteiger charge is -2.36. The summed E-state index contributed by atoms with van der Waals surface area (Å²) >= 11 is 0. The summed E-state index contributed by atoms with van der Waals surface area (Å²) in [5.74, 6) is 0. The zero-order valence-corrected chi connectivity index (χ0v) is 20.1. The van der Waals surface area contributed by atoms with Crippen LogP contribution in [0, 0.1) is 0 Å². The van der Waals surface area contributed by atoms with Gasteiger partial charge in [0.2, 0.25) is 0 Å². The zero-order chi connectivity index (χ0) is 21.4. The molecule has 30 heavy (non-hydrogen) atoms. The monoisotopic (exact) mass is 421 g/mol. The Morgan fingerprint density at radius 2 is 1.70 bits per heavy atom. The molecule has 0 saturated heterocycles. The Morgan fingerprint density at radius 3 is 2.43 bits per heavy atom. The fourth-order valence-corrected chi connectivity index (χ4v) is 5.20. The fourth-order valence-electron chi connectivity index (χ4n) is 4.16. The minimum absolute atomic E-state index is 0.241. The van der Waals surface area contributed by atoms with Crippen LogP contribution in [-0.4, -0.2) is 25.6 Å². The molecule has 0 aliphatic carbocycles. The van der Waals surface area contributed by atoms with Gasteiger partial charge in [-0.1, -0.05) is 69.3 Å². The molecule has 0 spiro atoms. The Balaban J connectivity index is 1.49. The van der Waals surface area contributed by atoms with E-state index >= 15 is 0 Å². The van der Waals surface area contributed by atoms with Crippen molar-refractivity contribution in [1.29, 1.82) is 0 Å². The van der Waals surface area contributed by atoms with Gasteiger partial charge in [0, 0.05) is 36.2 Å². The summed E-state index contributed by atoms with van der Waals surface area (Å²) in [5.41, 5.74) is 5.46. The van der Waals surface area contributed by atoms with E-state index in [1.807, 2.05) is 0 Å². The van der Waals surface area contributed by atoms with Crippen molar-refractivity contribution in [2.45, 2.75) is 71.0 Å². The topological polar surface area (TPSA) is 23.4 Å². The number of rotatable bonds is 7. The summed E-state index contributed by atoms with van der Waals surface area (Å²) in [5, 5.41) is 1.63. The first-order valence-corrected chi connectivity index (χ1v) is 14.1. The van der Waals surface area contributed by atoms with E-state index in [-0.39, 0.29) is 11.1 Å². The normalized spacial score (nSPS) is 16.9. The molecule has 1 unspecified atom stereocenters. The Morgan fingerprint density at radius 1 is 1.00 bits per heavy atom. The number of hydrogen-bond acceptors (Lipinski definition) is 2. The second-order valence-corrected chi connectivity index (χ2v) is 14.8. The molecule has 0 saturated carbocycles. The van der Waals surface area contributed by atoms with Crippen LogP contribution < -0.4 is 0 Å². The number of hydrogen-bond donors (Lipinski definition) is 0. The van der Waals surface area contributed by atoms with Crippen molar-refractivity contribution >= 4 is 19.2 Å². The number of aromatic nitrogens is 1. The SMILES string of the molecule is CC(C)(C)[Si](C)(C)OCCc1c2n(c3ccccc13)CC(OCc1ccccc1)C2. The highest BCUT2D eigenvalue weighted by atomic mass is 28.4. The summed E-state index contributed by atoms with van der Waals surface area (Å²) in [7, 11) is -1.73. The van der Waals surface area contributed by atoms with Gasteiger partial charge in [-0.15, -0.1) is 0 Å². The van der Waals surface area contributed by atoms with Crippen molar-refractivity contribution in [3.05, 3.63) is 71.4 Å². The average molecular weight is 422 g/mol. The molecule has 0 radical (unpaired) electrons. The second kappa shape index (κ2) is 8.33. The number of nitrogens with zero attached hydrogens (tertiary/aromatic N) is 1. The predicted molar refractivity (Wildman–Crippen MR) is 128 cm³/mol. The first kappa shape index (κ1) is 21.4. The van der Waals surface area contributed by atoms with Crippen LogP contribution in [0.1, 0.15) is 37.6 Å². The van der Waals surface area contributed by atoms with Crippen LogP contribution >= 0.6 is 0 Å². The molecule has 1 aliphatic rings. The molecule has 1 atom stereocenters. The van der Waals surface area contributed by atoms with Gasteiger partial charge < -0.3 is 13.7 Å². The van der Waals surface area contributed by atoms with Gasteiger partial charge in [0.25, 0.3) is 0 Å². The highest BCUT2D eigenvalue weighted by Crippen LogP contribution is 2.37. The molecule has 2 aromatic carbocycles. The second-order valence-electron chi connectivity index (χ2n) is 10.0. The lowest BCUT2D eigenvalue weighted by molar-refractivity contribution is 0.0421. The van der Waals surface area contributed by atoms with E-state index in [2.05, 4.69) is 93.0 Å². The third-order valence-corrected chi connectivity index (χ3v) is 11.5. The summed E-state index contributed by atoms with van der Waals surface area (Å²) in [6, 6.07) is 19.3. The van der Waals surface area contributed by atoms with Crippen LogP contribution in [0.5, 0.6) is 0 Å². The van der Waals surface area contributed by atoms with Crippen LogP contribution in [0.4, 0.5) is 0 Å². The molecular weight excluding hydrogens is 386 g/mol. The highest BCUT2D eigenvalue weighted by molar-refractivity contribution is 6.74. The van der Waals surface area contributed by atoms with Gasteiger partial charge in [-0.25, -0.2) is 0 Å². The summed E-state index contributed by atoms with van der Waals surface area (Å²) in [6.45, 7) is 14.0. The highest BCUT2D eigenvalue weighted by Gasteiger charge is 2.37. The first-order valence-electron chi connectivity index (χ1n) is 11.1. The Kier molecular flexibility index (Phi) is 5.93. The molecule has 0 bridgehead atoms. The maximum atomic E-state index is 6.51. The first-order chi connectivity index (χ1) is 14.3. The van der Waals surface area contributed by atoms with E-state index in [1.54, 1.807) is 0 Å². The van der Waals surface area contributed by atoms with Gasteiger partial charge >= 0.3 is 0 Å². The Labute approximate surface area is 182 Å². The number of benzene rings is 2. The minimum Gasteiger partial charge on any atom is -0.416 e. The molecule has 160 valence electrons. The van der Waals surface area contributed by atoms with Crippen LogP contribution in [0.15, 0.2) is 54.6 Å². The molecule has 2 heterocycles. The van der Waals surface area contributed by atoms with Crippen molar-refractivity contribution in [3.8, 4) is 0 Å². The molecule has 4 rings (SSSR count). The van der Waals surface area contributed by atoms with Gasteiger partial charge in [0.1, 0.15) is 0 Å². The van der Waals surface area contributed by atoms with Crippen LogP contribution in [0.25, 0.3) is 10.9 Å². The summed E-state index contributed by atoms with van der Waals surface area (Å²) in [4.78, 5) is 0. The number of fused-ring (bicyclic) bond motifs is 3. The Bertz CT molecular complexity index is 1000. The van der Waals surface area contributed by atoms with Crippen LogP contribution in [0.2, 0.25) is 18.1 Å². The molecule has 4 heteroatoms. The predicted octanol–water partition coefficient (Wildman–Crippen LogP) is 6.35. The van der Waals surface area contributed by atoms with Crippen molar-refractivity contribution in [2.24, 2.45) is 0 Å². The van der Waals surface area contributed by atoms with Crippen molar-refractivity contribution in [2.75, 3.05) is 6.61 Å². The minimum atomic E-state index is -1.73. The molecule has 3 aromatic rings. The van der Waals surface area contributed by atoms with E-state index in [9.17, 15) is 0 Å². The Hall–Kier alpha value is -1.88. The third-order valence-electron chi connectivity index (χ3n) is 6.95. The molecular formula is C26H35NO2Si. The van der Waals surface area contributed by atoms with Gasteiger partial charge in [0.05, 0.1) is 12.7 Å². The molecule has 0 amide bonds.